The maximum atomic E-state index is 12.9. The largest absolute Gasteiger partial charge is 0.504 e. The van der Waals surface area contributed by atoms with Gasteiger partial charge in [0.25, 0.3) is 5.91 Å². The number of benzene rings is 2. The standard InChI is InChI=1S/C17H14F3NO5/c1-25-13-8-4-5-10(15(13)23)16(24)26-9-14(22)21-12-7-3-2-6-11(12)17(18,19)20/h2-8,23H,9H2,1H3,(H,21,22). The van der Waals surface area contributed by atoms with Crippen molar-refractivity contribution in [2.24, 2.45) is 0 Å². The number of hydrogen-bond donors (Lipinski definition) is 2. The van der Waals surface area contributed by atoms with E-state index in [0.29, 0.717) is 0 Å². The molecular weight excluding hydrogens is 355 g/mol. The molecule has 0 spiro atoms. The minimum Gasteiger partial charge on any atom is -0.504 e. The Morgan fingerprint density at radius 2 is 1.81 bits per heavy atom. The van der Waals surface area contributed by atoms with Gasteiger partial charge in [0.1, 0.15) is 5.56 Å². The van der Waals surface area contributed by atoms with E-state index >= 15 is 0 Å². The van der Waals surface area contributed by atoms with Gasteiger partial charge in [-0.1, -0.05) is 18.2 Å². The summed E-state index contributed by atoms with van der Waals surface area (Å²) in [5.74, 6) is -2.43. The summed E-state index contributed by atoms with van der Waals surface area (Å²) in [6.45, 7) is -0.832. The number of alkyl halides is 3. The van der Waals surface area contributed by atoms with Crippen LogP contribution >= 0.6 is 0 Å². The van der Waals surface area contributed by atoms with Crippen molar-refractivity contribution in [2.75, 3.05) is 19.0 Å². The van der Waals surface area contributed by atoms with E-state index < -0.39 is 41.7 Å². The summed E-state index contributed by atoms with van der Waals surface area (Å²) in [4.78, 5) is 23.7. The Balaban J connectivity index is 2.03. The second-order valence-electron chi connectivity index (χ2n) is 5.02. The van der Waals surface area contributed by atoms with Gasteiger partial charge in [0.15, 0.2) is 18.1 Å². The molecule has 0 aromatic heterocycles. The van der Waals surface area contributed by atoms with Gasteiger partial charge >= 0.3 is 12.1 Å². The van der Waals surface area contributed by atoms with Gasteiger partial charge in [0, 0.05) is 0 Å². The van der Waals surface area contributed by atoms with Crippen LogP contribution in [0, 0.1) is 0 Å². The lowest BCUT2D eigenvalue weighted by molar-refractivity contribution is -0.137. The molecule has 2 aromatic carbocycles. The van der Waals surface area contributed by atoms with Crippen molar-refractivity contribution >= 4 is 17.6 Å². The molecule has 0 atom stereocenters. The molecule has 0 saturated heterocycles. The normalized spacial score (nSPS) is 10.9. The average molecular weight is 369 g/mol. The van der Waals surface area contributed by atoms with Crippen molar-refractivity contribution in [1.29, 1.82) is 0 Å². The molecule has 2 N–H and O–H groups in total. The Kier molecular flexibility index (Phi) is 5.71. The Morgan fingerprint density at radius 1 is 1.12 bits per heavy atom. The SMILES string of the molecule is COc1cccc(C(=O)OCC(=O)Nc2ccccc2C(F)(F)F)c1O. The zero-order valence-corrected chi connectivity index (χ0v) is 13.5. The number of ether oxygens (including phenoxy) is 2. The highest BCUT2D eigenvalue weighted by Crippen LogP contribution is 2.34. The van der Waals surface area contributed by atoms with Crippen LogP contribution in [0.1, 0.15) is 15.9 Å². The third-order valence-corrected chi connectivity index (χ3v) is 3.28. The number of esters is 1. The van der Waals surface area contributed by atoms with E-state index in [-0.39, 0.29) is 11.3 Å². The first-order valence-corrected chi connectivity index (χ1v) is 7.23. The number of nitrogens with one attached hydrogen (secondary N) is 1. The summed E-state index contributed by atoms with van der Waals surface area (Å²) >= 11 is 0. The zero-order valence-electron chi connectivity index (χ0n) is 13.5. The van der Waals surface area contributed by atoms with Gasteiger partial charge in [-0.25, -0.2) is 4.79 Å². The highest BCUT2D eigenvalue weighted by Gasteiger charge is 2.33. The van der Waals surface area contributed by atoms with E-state index in [1.165, 1.54) is 37.4 Å². The number of para-hydroxylation sites is 2. The molecule has 2 aromatic rings. The number of rotatable bonds is 5. The van der Waals surface area contributed by atoms with Gasteiger partial charge in [0.05, 0.1) is 18.4 Å². The van der Waals surface area contributed by atoms with Crippen molar-refractivity contribution in [2.45, 2.75) is 6.18 Å². The van der Waals surface area contributed by atoms with Crippen molar-refractivity contribution < 1.29 is 37.3 Å². The molecule has 9 heteroatoms. The van der Waals surface area contributed by atoms with Gasteiger partial charge in [-0.2, -0.15) is 13.2 Å². The van der Waals surface area contributed by atoms with E-state index in [1.807, 2.05) is 5.32 Å². The van der Waals surface area contributed by atoms with Crippen LogP contribution in [0.5, 0.6) is 11.5 Å². The Bertz CT molecular complexity index is 820. The van der Waals surface area contributed by atoms with Crippen LogP contribution in [-0.4, -0.2) is 30.7 Å². The third-order valence-electron chi connectivity index (χ3n) is 3.28. The fourth-order valence-electron chi connectivity index (χ4n) is 2.09. The predicted molar refractivity (Wildman–Crippen MR) is 85.0 cm³/mol. The molecule has 6 nitrogen and oxygen atoms in total. The van der Waals surface area contributed by atoms with Gasteiger partial charge in [-0.3, -0.25) is 4.79 Å². The van der Waals surface area contributed by atoms with Crippen molar-refractivity contribution in [3.63, 3.8) is 0 Å². The number of methoxy groups -OCH3 is 1. The molecule has 0 heterocycles. The summed E-state index contributed by atoms with van der Waals surface area (Å²) < 4.78 is 48.2. The minimum atomic E-state index is -4.65. The summed E-state index contributed by atoms with van der Waals surface area (Å²) in [7, 11) is 1.29. The number of amides is 1. The first-order valence-electron chi connectivity index (χ1n) is 7.23. The summed E-state index contributed by atoms with van der Waals surface area (Å²) in [6, 6.07) is 8.49. The number of hydrogen-bond acceptors (Lipinski definition) is 5. The van der Waals surface area contributed by atoms with Crippen LogP contribution < -0.4 is 10.1 Å². The lowest BCUT2D eigenvalue weighted by atomic mass is 10.1. The average Bonchev–Trinajstić information content (AvgIpc) is 2.59. The van der Waals surface area contributed by atoms with Crippen LogP contribution in [0.25, 0.3) is 0 Å². The van der Waals surface area contributed by atoms with E-state index in [2.05, 4.69) is 0 Å². The number of aromatic hydroxyl groups is 1. The number of carbonyl (C=O) groups is 2. The number of phenols is 1. The van der Waals surface area contributed by atoms with Crippen LogP contribution in [0.15, 0.2) is 42.5 Å². The van der Waals surface area contributed by atoms with E-state index in [0.717, 1.165) is 12.1 Å². The van der Waals surface area contributed by atoms with Crippen LogP contribution in [0.2, 0.25) is 0 Å². The highest BCUT2D eigenvalue weighted by atomic mass is 19.4. The molecule has 2 rings (SSSR count). The second kappa shape index (κ2) is 7.77. The maximum absolute atomic E-state index is 12.9. The minimum absolute atomic E-state index is 0.0306. The third kappa shape index (κ3) is 4.44. The molecule has 138 valence electrons. The fraction of sp³-hybridized carbons (Fsp3) is 0.176. The highest BCUT2D eigenvalue weighted by molar-refractivity contribution is 5.97. The number of carbonyl (C=O) groups excluding carboxylic acids is 2. The van der Waals surface area contributed by atoms with Crippen LogP contribution in [0.4, 0.5) is 18.9 Å². The second-order valence-corrected chi connectivity index (χ2v) is 5.02. The molecule has 0 radical (unpaired) electrons. The molecule has 0 aliphatic rings. The Morgan fingerprint density at radius 3 is 2.46 bits per heavy atom. The fourth-order valence-corrected chi connectivity index (χ4v) is 2.09. The topological polar surface area (TPSA) is 84.9 Å². The van der Waals surface area contributed by atoms with Crippen LogP contribution in [0.3, 0.4) is 0 Å². The zero-order chi connectivity index (χ0) is 19.3. The quantitative estimate of drug-likeness (QED) is 0.791. The molecule has 0 unspecified atom stereocenters. The van der Waals surface area contributed by atoms with E-state index in [4.69, 9.17) is 9.47 Å². The van der Waals surface area contributed by atoms with Gasteiger partial charge in [0.2, 0.25) is 0 Å². The molecule has 0 aliphatic carbocycles. The van der Waals surface area contributed by atoms with Crippen molar-refractivity contribution in [3.05, 3.63) is 53.6 Å². The smallest absolute Gasteiger partial charge is 0.418 e. The van der Waals surface area contributed by atoms with E-state index in [9.17, 15) is 27.9 Å². The van der Waals surface area contributed by atoms with Gasteiger partial charge in [-0.05, 0) is 24.3 Å². The molecule has 0 bridgehead atoms. The lowest BCUT2D eigenvalue weighted by Gasteiger charge is -2.13. The number of halogens is 3. The summed E-state index contributed by atoms with van der Waals surface area (Å²) in [5, 5.41) is 11.9. The molecule has 0 fully saturated rings. The predicted octanol–water partition coefficient (Wildman–Crippen LogP) is 3.22. The molecule has 26 heavy (non-hydrogen) atoms. The molecule has 0 saturated carbocycles. The molecular formula is C17H14F3NO5. The molecule has 1 amide bonds. The Labute approximate surface area is 146 Å². The van der Waals surface area contributed by atoms with Crippen molar-refractivity contribution in [1.82, 2.24) is 0 Å². The first-order chi connectivity index (χ1) is 12.2. The van der Waals surface area contributed by atoms with E-state index in [1.54, 1.807) is 0 Å². The van der Waals surface area contributed by atoms with Gasteiger partial charge < -0.3 is 19.9 Å². The summed E-state index contributed by atoms with van der Waals surface area (Å²) in [5.41, 5.74) is -1.72. The number of phenolic OH excluding ortho intramolecular Hbond substituents is 1. The number of anilines is 1. The summed E-state index contributed by atoms with van der Waals surface area (Å²) in [6.07, 6.45) is -4.65. The van der Waals surface area contributed by atoms with Crippen LogP contribution in [-0.2, 0) is 15.7 Å². The Hall–Kier alpha value is -3.23. The molecule has 0 aliphatic heterocycles. The monoisotopic (exact) mass is 369 g/mol. The van der Waals surface area contributed by atoms with Gasteiger partial charge in [-0.15, -0.1) is 0 Å². The van der Waals surface area contributed by atoms with Crippen molar-refractivity contribution in [3.8, 4) is 11.5 Å². The maximum Gasteiger partial charge on any atom is 0.418 e. The lowest BCUT2D eigenvalue weighted by Crippen LogP contribution is -2.22. The first kappa shape index (κ1) is 19.1.